The summed E-state index contributed by atoms with van der Waals surface area (Å²) < 4.78 is 17.0. The molecule has 0 N–H and O–H groups in total. The Balaban J connectivity index is 2.01. The highest BCUT2D eigenvalue weighted by Crippen LogP contribution is 2.42. The summed E-state index contributed by atoms with van der Waals surface area (Å²) in [7, 11) is 1.59. The van der Waals surface area contributed by atoms with Gasteiger partial charge in [-0.3, -0.25) is 9.69 Å². The largest absolute Gasteiger partial charge is 0.493 e. The number of methoxy groups -OCH3 is 1. The highest BCUT2D eigenvalue weighted by molar-refractivity contribution is 8.14. The van der Waals surface area contributed by atoms with Crippen LogP contribution >= 0.6 is 11.8 Å². The van der Waals surface area contributed by atoms with Gasteiger partial charge in [-0.15, -0.1) is 0 Å². The van der Waals surface area contributed by atoms with Crippen LogP contribution in [0.2, 0.25) is 0 Å². The zero-order valence-corrected chi connectivity index (χ0v) is 20.3. The molecule has 2 heterocycles. The number of amides is 1. The first-order valence-electron chi connectivity index (χ1n) is 11.1. The first-order valence-corrected chi connectivity index (χ1v) is 12.1. The predicted octanol–water partition coefficient (Wildman–Crippen LogP) is 4.87. The maximum atomic E-state index is 13.1. The van der Waals surface area contributed by atoms with E-state index in [0.29, 0.717) is 46.7 Å². The minimum atomic E-state index is -0.628. The number of carbonyl (C=O) groups excluding carboxylic acids is 2. The van der Waals surface area contributed by atoms with E-state index in [-0.39, 0.29) is 12.0 Å². The second-order valence-electron chi connectivity index (χ2n) is 8.08. The second kappa shape index (κ2) is 10.9. The van der Waals surface area contributed by atoms with E-state index in [1.54, 1.807) is 32.8 Å². The Morgan fingerprint density at radius 2 is 2.06 bits per heavy atom. The normalized spacial score (nSPS) is 18.4. The number of hydrogen-bond donors (Lipinski definition) is 0. The molecule has 2 aliphatic rings. The van der Waals surface area contributed by atoms with Crippen molar-refractivity contribution in [1.82, 2.24) is 4.90 Å². The lowest BCUT2D eigenvalue weighted by molar-refractivity contribution is -0.143. The van der Waals surface area contributed by atoms with Gasteiger partial charge < -0.3 is 14.2 Å². The number of esters is 1. The number of amidine groups is 1. The summed E-state index contributed by atoms with van der Waals surface area (Å²) in [6, 6.07) is 4.93. The van der Waals surface area contributed by atoms with Crippen molar-refractivity contribution in [2.75, 3.05) is 19.5 Å². The highest BCUT2D eigenvalue weighted by atomic mass is 32.2. The van der Waals surface area contributed by atoms with Crippen molar-refractivity contribution in [2.24, 2.45) is 4.99 Å². The number of thioether (sulfide) groups is 1. The zero-order chi connectivity index (χ0) is 23.3. The van der Waals surface area contributed by atoms with Crippen LogP contribution in [0, 0.1) is 0 Å². The first kappa shape index (κ1) is 24.2. The molecule has 8 heteroatoms. The van der Waals surface area contributed by atoms with Crippen molar-refractivity contribution < 1.29 is 23.8 Å². The number of carbonyl (C=O) groups is 2. The third-order valence-corrected chi connectivity index (χ3v) is 6.23. The molecule has 32 heavy (non-hydrogen) atoms. The molecule has 3 rings (SSSR count). The Hall–Kier alpha value is -2.48. The molecule has 1 aromatic rings. The number of aliphatic imine (C=N–C) groups is 1. The van der Waals surface area contributed by atoms with Crippen LogP contribution in [-0.2, 0) is 14.3 Å². The third-order valence-electron chi connectivity index (χ3n) is 5.28. The molecule has 1 fully saturated rings. The Kier molecular flexibility index (Phi) is 8.23. The molecule has 7 nitrogen and oxygen atoms in total. The highest BCUT2D eigenvalue weighted by Gasteiger charge is 2.42. The second-order valence-corrected chi connectivity index (χ2v) is 9.14. The van der Waals surface area contributed by atoms with Crippen LogP contribution in [-0.4, -0.2) is 47.5 Å². The Labute approximate surface area is 194 Å². The van der Waals surface area contributed by atoms with Gasteiger partial charge in [-0.1, -0.05) is 37.6 Å². The van der Waals surface area contributed by atoms with Crippen LogP contribution in [0.5, 0.6) is 11.5 Å². The zero-order valence-electron chi connectivity index (χ0n) is 19.5. The van der Waals surface area contributed by atoms with Gasteiger partial charge in [0.1, 0.15) is 0 Å². The number of unbranched alkanes of at least 4 members (excludes halogenated alkanes) is 2. The molecule has 0 bridgehead atoms. The van der Waals surface area contributed by atoms with Crippen molar-refractivity contribution >= 4 is 28.8 Å². The average molecular weight is 461 g/mol. The molecule has 2 aliphatic heterocycles. The number of benzene rings is 1. The van der Waals surface area contributed by atoms with Crippen molar-refractivity contribution in [3.63, 3.8) is 0 Å². The minimum absolute atomic E-state index is 0.0614. The number of fused-ring (bicyclic) bond motifs is 1. The molecule has 0 aromatic heterocycles. The van der Waals surface area contributed by atoms with Crippen LogP contribution < -0.4 is 9.47 Å². The van der Waals surface area contributed by atoms with Gasteiger partial charge in [0.25, 0.3) is 0 Å². The van der Waals surface area contributed by atoms with E-state index >= 15 is 0 Å². The lowest BCUT2D eigenvalue weighted by Gasteiger charge is -2.39. The topological polar surface area (TPSA) is 77.4 Å². The molecule has 1 aromatic carbocycles. The number of rotatable bonds is 9. The van der Waals surface area contributed by atoms with E-state index in [4.69, 9.17) is 14.2 Å². The summed E-state index contributed by atoms with van der Waals surface area (Å²) in [6.45, 7) is 8.15. The molecule has 1 saturated heterocycles. The average Bonchev–Trinajstić information content (AvgIpc) is 2.75. The summed E-state index contributed by atoms with van der Waals surface area (Å²) in [5.74, 6) is 1.35. The first-order chi connectivity index (χ1) is 15.4. The number of nitrogens with zero attached hydrogens (tertiary/aromatic N) is 2. The van der Waals surface area contributed by atoms with Gasteiger partial charge in [-0.25, -0.2) is 9.79 Å². The molecule has 0 radical (unpaired) electrons. The molecule has 1 amide bonds. The summed E-state index contributed by atoms with van der Waals surface area (Å²) >= 11 is 1.52. The minimum Gasteiger partial charge on any atom is -0.493 e. The van der Waals surface area contributed by atoms with Crippen LogP contribution in [0.15, 0.2) is 34.5 Å². The standard InChI is InChI=1S/C24H32N2O5S/c1-6-7-8-12-30-18-10-9-17(14-19(18)29-5)22-21(23(28)31-15(2)3)16(4)25-24-26(22)20(27)11-13-32-24/h9-10,14-15,22H,6-8,11-13H2,1-5H3/t22-/m1/s1. The number of hydrogen-bond acceptors (Lipinski definition) is 7. The summed E-state index contributed by atoms with van der Waals surface area (Å²) in [4.78, 5) is 32.2. The molecule has 0 spiro atoms. The fourth-order valence-electron chi connectivity index (χ4n) is 3.76. The van der Waals surface area contributed by atoms with E-state index in [9.17, 15) is 9.59 Å². The lowest BCUT2D eigenvalue weighted by atomic mass is 9.93. The summed E-state index contributed by atoms with van der Waals surface area (Å²) in [6.07, 6.45) is 3.30. The van der Waals surface area contributed by atoms with Gasteiger partial charge in [0.15, 0.2) is 16.7 Å². The smallest absolute Gasteiger partial charge is 0.338 e. The Bertz CT molecular complexity index is 925. The molecule has 1 atom stereocenters. The Morgan fingerprint density at radius 3 is 2.75 bits per heavy atom. The van der Waals surface area contributed by atoms with E-state index in [1.807, 2.05) is 18.2 Å². The quantitative estimate of drug-likeness (QED) is 0.387. The van der Waals surface area contributed by atoms with Gasteiger partial charge in [-0.05, 0) is 44.9 Å². The van der Waals surface area contributed by atoms with Crippen LogP contribution in [0.25, 0.3) is 0 Å². The maximum absolute atomic E-state index is 13.1. The SMILES string of the molecule is CCCCCOc1ccc([C@@H]2C(C(=O)OC(C)C)=C(C)N=C3SCCC(=O)N32)cc1OC. The van der Waals surface area contributed by atoms with Gasteiger partial charge in [-0.2, -0.15) is 0 Å². The molecular weight excluding hydrogens is 428 g/mol. The van der Waals surface area contributed by atoms with Crippen molar-refractivity contribution in [3.8, 4) is 11.5 Å². The Morgan fingerprint density at radius 1 is 1.28 bits per heavy atom. The van der Waals surface area contributed by atoms with Crippen LogP contribution in [0.4, 0.5) is 0 Å². The van der Waals surface area contributed by atoms with Crippen LogP contribution in [0.1, 0.15) is 65.0 Å². The predicted molar refractivity (Wildman–Crippen MR) is 126 cm³/mol. The van der Waals surface area contributed by atoms with Gasteiger partial charge in [0.05, 0.1) is 37.1 Å². The molecular formula is C24H32N2O5S. The number of allylic oxidation sites excluding steroid dienone is 1. The molecule has 0 aliphatic carbocycles. The maximum Gasteiger partial charge on any atom is 0.338 e. The van der Waals surface area contributed by atoms with E-state index < -0.39 is 12.0 Å². The fraction of sp³-hybridized carbons (Fsp3) is 0.542. The van der Waals surface area contributed by atoms with E-state index in [0.717, 1.165) is 24.8 Å². The van der Waals surface area contributed by atoms with Gasteiger partial charge in [0.2, 0.25) is 5.91 Å². The van der Waals surface area contributed by atoms with Gasteiger partial charge in [0, 0.05) is 12.2 Å². The van der Waals surface area contributed by atoms with Crippen molar-refractivity contribution in [1.29, 1.82) is 0 Å². The third kappa shape index (κ3) is 5.28. The summed E-state index contributed by atoms with van der Waals surface area (Å²) in [5, 5.41) is 0.615. The van der Waals surface area contributed by atoms with Crippen molar-refractivity contribution in [3.05, 3.63) is 35.0 Å². The van der Waals surface area contributed by atoms with E-state index in [1.165, 1.54) is 11.8 Å². The van der Waals surface area contributed by atoms with Crippen molar-refractivity contribution in [2.45, 2.75) is 65.5 Å². The van der Waals surface area contributed by atoms with Gasteiger partial charge >= 0.3 is 5.97 Å². The molecule has 0 saturated carbocycles. The number of ether oxygens (including phenoxy) is 3. The molecule has 0 unspecified atom stereocenters. The van der Waals surface area contributed by atoms with Crippen LogP contribution in [0.3, 0.4) is 0 Å². The van der Waals surface area contributed by atoms with E-state index in [2.05, 4.69) is 11.9 Å². The lowest BCUT2D eigenvalue weighted by Crippen LogP contribution is -2.46. The monoisotopic (exact) mass is 460 g/mol. The fourth-order valence-corrected chi connectivity index (χ4v) is 4.76. The molecule has 174 valence electrons. The summed E-state index contributed by atoms with van der Waals surface area (Å²) in [5.41, 5.74) is 1.69.